The number of hydrogen-bond donors (Lipinski definition) is 2. The summed E-state index contributed by atoms with van der Waals surface area (Å²) in [5, 5.41) is 0.688. The predicted molar refractivity (Wildman–Crippen MR) is 93.8 cm³/mol. The minimum absolute atomic E-state index is 0.0651. The molecule has 2 rings (SSSR count). The molecule has 0 saturated heterocycles. The quantitative estimate of drug-likeness (QED) is 0.376. The number of carbonyl (C=O) groups is 1. The molecular formula is C16H25ClN2O3Si. The number of nitrogens with one attached hydrogen (secondary N) is 1. The second-order valence-electron chi connectivity index (χ2n) is 7.40. The average Bonchev–Trinajstić information content (AvgIpc) is 2.45. The van der Waals surface area contributed by atoms with Gasteiger partial charge in [-0.05, 0) is 36.3 Å². The van der Waals surface area contributed by atoms with Gasteiger partial charge in [-0.3, -0.25) is 10.2 Å². The van der Waals surface area contributed by atoms with Gasteiger partial charge >= 0.3 is 0 Å². The fraction of sp³-hybridized carbons (Fsp3) is 0.562. The van der Waals surface area contributed by atoms with Gasteiger partial charge in [-0.2, -0.15) is 0 Å². The fourth-order valence-corrected chi connectivity index (χ4v) is 3.77. The van der Waals surface area contributed by atoms with E-state index in [4.69, 9.17) is 26.6 Å². The fourth-order valence-electron chi connectivity index (χ4n) is 2.30. The van der Waals surface area contributed by atoms with Gasteiger partial charge in [0.15, 0.2) is 14.4 Å². The number of rotatable bonds is 3. The standard InChI is InChI=1S/C16H25ClN2O3Si/c1-16(2,3)23(4,5)22-13-9-14(15(20)19-18)21-12-7-6-10(17)8-11(12)13/h6-8,13-14H,9,18H2,1-5H3,(H,19,20). The van der Waals surface area contributed by atoms with Crippen molar-refractivity contribution < 1.29 is 14.0 Å². The molecule has 1 aliphatic heterocycles. The Kier molecular flexibility index (Phi) is 5.11. The Balaban J connectivity index is 2.37. The van der Waals surface area contributed by atoms with Crippen LogP contribution in [0.3, 0.4) is 0 Å². The van der Waals surface area contributed by atoms with Crippen molar-refractivity contribution in [2.24, 2.45) is 5.84 Å². The lowest BCUT2D eigenvalue weighted by Gasteiger charge is -2.41. The number of halogens is 1. The molecule has 0 aromatic heterocycles. The highest BCUT2D eigenvalue weighted by atomic mass is 35.5. The summed E-state index contributed by atoms with van der Waals surface area (Å²) in [6.07, 6.45) is -0.479. The summed E-state index contributed by atoms with van der Waals surface area (Å²) >= 11 is 6.13. The lowest BCUT2D eigenvalue weighted by atomic mass is 9.99. The van der Waals surface area contributed by atoms with Crippen molar-refractivity contribution in [2.75, 3.05) is 0 Å². The summed E-state index contributed by atoms with van der Waals surface area (Å²) in [5.41, 5.74) is 3.05. The zero-order chi connectivity index (χ0) is 17.4. The van der Waals surface area contributed by atoms with E-state index in [-0.39, 0.29) is 17.0 Å². The molecule has 1 amide bonds. The molecule has 0 saturated carbocycles. The molecule has 0 spiro atoms. The van der Waals surface area contributed by atoms with E-state index in [1.54, 1.807) is 12.1 Å². The Hall–Kier alpha value is -1.08. The summed E-state index contributed by atoms with van der Waals surface area (Å²) in [7, 11) is -2.01. The van der Waals surface area contributed by atoms with E-state index >= 15 is 0 Å². The smallest absolute Gasteiger partial charge is 0.275 e. The molecule has 1 heterocycles. The highest BCUT2D eigenvalue weighted by Gasteiger charge is 2.42. The van der Waals surface area contributed by atoms with Gasteiger partial charge in [0, 0.05) is 17.0 Å². The summed E-state index contributed by atoms with van der Waals surface area (Å²) in [6, 6.07) is 5.37. The van der Waals surface area contributed by atoms with Gasteiger partial charge in [-0.1, -0.05) is 32.4 Å². The molecule has 0 radical (unpaired) electrons. The third-order valence-electron chi connectivity index (χ3n) is 4.69. The molecule has 1 aromatic rings. The summed E-state index contributed by atoms with van der Waals surface area (Å²) in [6.45, 7) is 10.9. The van der Waals surface area contributed by atoms with Gasteiger partial charge < -0.3 is 9.16 Å². The third kappa shape index (κ3) is 3.88. The summed E-state index contributed by atoms with van der Waals surface area (Å²) < 4.78 is 12.3. The molecule has 2 atom stereocenters. The number of fused-ring (bicyclic) bond motifs is 1. The first-order valence-electron chi connectivity index (χ1n) is 7.69. The lowest BCUT2D eigenvalue weighted by Crippen LogP contribution is -2.47. The van der Waals surface area contributed by atoms with Crippen LogP contribution in [0, 0.1) is 0 Å². The van der Waals surface area contributed by atoms with E-state index in [0.29, 0.717) is 17.2 Å². The molecule has 5 nitrogen and oxygen atoms in total. The maximum absolute atomic E-state index is 11.9. The molecule has 0 bridgehead atoms. The number of nitrogens with two attached hydrogens (primary N) is 1. The van der Waals surface area contributed by atoms with Gasteiger partial charge in [-0.25, -0.2) is 5.84 Å². The van der Waals surface area contributed by atoms with Crippen LogP contribution in [0.15, 0.2) is 18.2 Å². The predicted octanol–water partition coefficient (Wildman–Crippen LogP) is 3.54. The van der Waals surface area contributed by atoms with E-state index in [9.17, 15) is 4.79 Å². The zero-order valence-corrected chi connectivity index (χ0v) is 16.0. The molecular weight excluding hydrogens is 332 g/mol. The van der Waals surface area contributed by atoms with Crippen LogP contribution in [0.25, 0.3) is 0 Å². The van der Waals surface area contributed by atoms with Crippen molar-refractivity contribution in [3.8, 4) is 5.75 Å². The topological polar surface area (TPSA) is 73.6 Å². The Morgan fingerprint density at radius 2 is 2.09 bits per heavy atom. The second-order valence-corrected chi connectivity index (χ2v) is 12.6. The van der Waals surface area contributed by atoms with Gasteiger partial charge in [0.25, 0.3) is 5.91 Å². The van der Waals surface area contributed by atoms with Crippen molar-refractivity contribution in [3.05, 3.63) is 28.8 Å². The molecule has 3 N–H and O–H groups in total. The monoisotopic (exact) mass is 356 g/mol. The van der Waals surface area contributed by atoms with E-state index in [2.05, 4.69) is 39.3 Å². The Labute approximate surface area is 143 Å². The molecule has 1 aliphatic rings. The van der Waals surface area contributed by atoms with Crippen molar-refractivity contribution in [2.45, 2.75) is 57.5 Å². The Morgan fingerprint density at radius 1 is 1.43 bits per heavy atom. The summed E-state index contributed by atoms with van der Waals surface area (Å²) in [4.78, 5) is 11.9. The number of benzene rings is 1. The van der Waals surface area contributed by atoms with Crippen molar-refractivity contribution in [3.63, 3.8) is 0 Å². The van der Waals surface area contributed by atoms with Crippen LogP contribution in [0.4, 0.5) is 0 Å². The van der Waals surface area contributed by atoms with Crippen LogP contribution in [0.1, 0.15) is 38.9 Å². The van der Waals surface area contributed by atoms with Gasteiger partial charge in [-0.15, -0.1) is 0 Å². The Bertz CT molecular complexity index is 601. The van der Waals surface area contributed by atoms with Crippen molar-refractivity contribution >= 4 is 25.8 Å². The SMILES string of the molecule is CC(C)(C)[Si](C)(C)OC1CC(C(=O)NN)Oc2ccc(Cl)cc21. The van der Waals surface area contributed by atoms with Crippen LogP contribution >= 0.6 is 11.6 Å². The second kappa shape index (κ2) is 6.43. The van der Waals surface area contributed by atoms with E-state index < -0.39 is 14.4 Å². The number of hydrazine groups is 1. The molecule has 2 unspecified atom stereocenters. The lowest BCUT2D eigenvalue weighted by molar-refractivity contribution is -0.130. The first-order chi connectivity index (χ1) is 10.5. The minimum atomic E-state index is -2.01. The number of ether oxygens (including phenoxy) is 1. The van der Waals surface area contributed by atoms with Gasteiger partial charge in [0.1, 0.15) is 5.75 Å². The minimum Gasteiger partial charge on any atom is -0.480 e. The van der Waals surface area contributed by atoms with Crippen LogP contribution in [-0.4, -0.2) is 20.3 Å². The van der Waals surface area contributed by atoms with Crippen LogP contribution in [0.2, 0.25) is 23.2 Å². The number of carbonyl (C=O) groups excluding carboxylic acids is 1. The van der Waals surface area contributed by atoms with Crippen LogP contribution < -0.4 is 16.0 Å². The Morgan fingerprint density at radius 3 is 2.65 bits per heavy atom. The van der Waals surface area contributed by atoms with Crippen molar-refractivity contribution in [1.29, 1.82) is 0 Å². The first kappa shape index (κ1) is 18.3. The largest absolute Gasteiger partial charge is 0.480 e. The number of amides is 1. The number of hydrogen-bond acceptors (Lipinski definition) is 4. The van der Waals surface area contributed by atoms with Gasteiger partial charge in [0.2, 0.25) is 0 Å². The third-order valence-corrected chi connectivity index (χ3v) is 9.42. The molecule has 0 aliphatic carbocycles. The van der Waals surface area contributed by atoms with E-state index in [1.807, 2.05) is 6.07 Å². The van der Waals surface area contributed by atoms with E-state index in [1.165, 1.54) is 0 Å². The molecule has 1 aromatic carbocycles. The van der Waals surface area contributed by atoms with Crippen molar-refractivity contribution in [1.82, 2.24) is 5.43 Å². The highest BCUT2D eigenvalue weighted by molar-refractivity contribution is 6.74. The maximum atomic E-state index is 11.9. The molecule has 128 valence electrons. The maximum Gasteiger partial charge on any atom is 0.275 e. The van der Waals surface area contributed by atoms with E-state index in [0.717, 1.165) is 5.56 Å². The molecule has 23 heavy (non-hydrogen) atoms. The molecule has 7 heteroatoms. The summed E-state index contributed by atoms with van der Waals surface area (Å²) in [5.74, 6) is 5.53. The highest BCUT2D eigenvalue weighted by Crippen LogP contribution is 2.45. The normalized spacial score (nSPS) is 21.3. The molecule has 0 fully saturated rings. The van der Waals surface area contributed by atoms with Crippen LogP contribution in [-0.2, 0) is 9.22 Å². The average molecular weight is 357 g/mol. The van der Waals surface area contributed by atoms with Gasteiger partial charge in [0.05, 0.1) is 6.10 Å². The first-order valence-corrected chi connectivity index (χ1v) is 11.0. The zero-order valence-electron chi connectivity index (χ0n) is 14.3. The van der Waals surface area contributed by atoms with Crippen LogP contribution in [0.5, 0.6) is 5.75 Å².